The molecule has 0 saturated carbocycles. The number of carbonyl (C=O) groups is 1. The van der Waals surface area contributed by atoms with E-state index in [1.807, 2.05) is 45.0 Å². The van der Waals surface area contributed by atoms with Crippen LogP contribution >= 0.6 is 0 Å². The molecule has 0 fully saturated rings. The normalized spacial score (nSPS) is 10.4. The van der Waals surface area contributed by atoms with E-state index in [4.69, 9.17) is 0 Å². The first kappa shape index (κ1) is 12.4. The van der Waals surface area contributed by atoms with Crippen molar-refractivity contribution in [1.29, 1.82) is 0 Å². The Morgan fingerprint density at radius 2 is 2.00 bits per heavy atom. The Morgan fingerprint density at radius 1 is 1.28 bits per heavy atom. The fraction of sp³-hybridized carbons (Fsp3) is 0.286. The van der Waals surface area contributed by atoms with Gasteiger partial charge in [0.15, 0.2) is 5.82 Å². The lowest BCUT2D eigenvalue weighted by molar-refractivity contribution is -0.115. The van der Waals surface area contributed by atoms with E-state index in [2.05, 4.69) is 15.5 Å². The maximum Gasteiger partial charge on any atom is 0.230 e. The van der Waals surface area contributed by atoms with E-state index in [1.54, 1.807) is 0 Å². The zero-order valence-corrected chi connectivity index (χ0v) is 10.9. The molecule has 2 rings (SSSR count). The minimum atomic E-state index is -0.0427. The molecule has 0 spiro atoms. The summed E-state index contributed by atoms with van der Waals surface area (Å²) >= 11 is 0. The average Bonchev–Trinajstić information content (AvgIpc) is 2.64. The lowest BCUT2D eigenvalue weighted by Gasteiger charge is -2.06. The first-order valence-electron chi connectivity index (χ1n) is 5.94. The van der Waals surface area contributed by atoms with Crippen LogP contribution in [0.25, 0.3) is 0 Å². The molecule has 2 N–H and O–H groups in total. The molecule has 1 amide bonds. The highest BCUT2D eigenvalue weighted by Crippen LogP contribution is 2.15. The maximum absolute atomic E-state index is 11.9. The Morgan fingerprint density at radius 3 is 2.61 bits per heavy atom. The second kappa shape index (κ2) is 5.04. The van der Waals surface area contributed by atoms with Gasteiger partial charge in [-0.25, -0.2) is 0 Å². The third-order valence-electron chi connectivity index (χ3n) is 3.12. The van der Waals surface area contributed by atoms with Crippen LogP contribution in [0.2, 0.25) is 0 Å². The summed E-state index contributed by atoms with van der Waals surface area (Å²) in [7, 11) is 0. The van der Waals surface area contributed by atoms with Crippen LogP contribution in [0.4, 0.5) is 5.82 Å². The average molecular weight is 243 g/mol. The van der Waals surface area contributed by atoms with E-state index in [-0.39, 0.29) is 5.91 Å². The predicted octanol–water partition coefficient (Wildman–Crippen LogP) is 2.52. The first-order chi connectivity index (χ1) is 8.58. The van der Waals surface area contributed by atoms with Crippen LogP contribution in [0.1, 0.15) is 22.4 Å². The number of H-pyrrole nitrogens is 1. The van der Waals surface area contributed by atoms with Gasteiger partial charge in [-0.05, 0) is 31.9 Å². The van der Waals surface area contributed by atoms with E-state index >= 15 is 0 Å². The van der Waals surface area contributed by atoms with Crippen LogP contribution in [0.5, 0.6) is 0 Å². The second-order valence-corrected chi connectivity index (χ2v) is 4.47. The minimum absolute atomic E-state index is 0.0427. The maximum atomic E-state index is 11.9. The van der Waals surface area contributed by atoms with E-state index in [0.717, 1.165) is 22.4 Å². The number of amides is 1. The molecule has 0 bridgehead atoms. The number of aromatic amines is 1. The number of aryl methyl sites for hydroxylation is 2. The number of hydrogen-bond acceptors (Lipinski definition) is 2. The summed E-state index contributed by atoms with van der Waals surface area (Å²) in [5.41, 5.74) is 4.12. The molecule has 0 aliphatic heterocycles. The van der Waals surface area contributed by atoms with E-state index in [0.29, 0.717) is 12.2 Å². The number of nitrogens with zero attached hydrogens (tertiary/aromatic N) is 1. The predicted molar refractivity (Wildman–Crippen MR) is 71.6 cm³/mol. The Labute approximate surface area is 106 Å². The molecule has 18 heavy (non-hydrogen) atoms. The van der Waals surface area contributed by atoms with E-state index in [9.17, 15) is 4.79 Å². The van der Waals surface area contributed by atoms with Gasteiger partial charge in [0.05, 0.1) is 6.42 Å². The first-order valence-corrected chi connectivity index (χ1v) is 5.94. The van der Waals surface area contributed by atoms with E-state index < -0.39 is 0 Å². The molecular formula is C14H17N3O. The lowest BCUT2D eigenvalue weighted by Crippen LogP contribution is -2.15. The number of hydrogen-bond donors (Lipinski definition) is 2. The van der Waals surface area contributed by atoms with Gasteiger partial charge < -0.3 is 5.32 Å². The standard InChI is InChI=1S/C14H17N3O/c1-9-6-4-5-7-12(9)8-13(18)15-14-10(2)11(3)16-17-14/h4-7H,8H2,1-3H3,(H2,15,16,17,18). The van der Waals surface area contributed by atoms with E-state index in [1.165, 1.54) is 0 Å². The highest BCUT2D eigenvalue weighted by Gasteiger charge is 2.10. The monoisotopic (exact) mass is 243 g/mol. The van der Waals surface area contributed by atoms with Crippen LogP contribution in [0, 0.1) is 20.8 Å². The number of aromatic nitrogens is 2. The van der Waals surface area contributed by atoms with Crippen molar-refractivity contribution in [3.05, 3.63) is 46.6 Å². The summed E-state index contributed by atoms with van der Waals surface area (Å²) in [6.45, 7) is 5.87. The smallest absolute Gasteiger partial charge is 0.230 e. The molecule has 4 nitrogen and oxygen atoms in total. The Kier molecular flexibility index (Phi) is 3.46. The summed E-state index contributed by atoms with van der Waals surface area (Å²) in [5, 5.41) is 9.74. The van der Waals surface area contributed by atoms with Crippen LogP contribution in [-0.4, -0.2) is 16.1 Å². The third kappa shape index (κ3) is 2.59. The molecule has 1 heterocycles. The van der Waals surface area contributed by atoms with Gasteiger partial charge in [0, 0.05) is 11.3 Å². The summed E-state index contributed by atoms with van der Waals surface area (Å²) in [4.78, 5) is 11.9. The molecule has 1 aromatic carbocycles. The van der Waals surface area contributed by atoms with Gasteiger partial charge in [-0.1, -0.05) is 24.3 Å². The third-order valence-corrected chi connectivity index (χ3v) is 3.12. The number of nitrogens with one attached hydrogen (secondary N) is 2. The Hall–Kier alpha value is -2.10. The number of carbonyl (C=O) groups excluding carboxylic acids is 1. The van der Waals surface area contributed by atoms with Crippen molar-refractivity contribution in [2.75, 3.05) is 5.32 Å². The molecule has 2 aromatic rings. The van der Waals surface area contributed by atoms with Gasteiger partial charge in [0.25, 0.3) is 0 Å². The molecule has 0 atom stereocenters. The summed E-state index contributed by atoms with van der Waals surface area (Å²) in [5.74, 6) is 0.574. The fourth-order valence-corrected chi connectivity index (χ4v) is 1.76. The molecule has 0 aliphatic carbocycles. The van der Waals surface area contributed by atoms with Gasteiger partial charge in [-0.2, -0.15) is 5.10 Å². The summed E-state index contributed by atoms with van der Waals surface area (Å²) < 4.78 is 0. The molecule has 94 valence electrons. The van der Waals surface area contributed by atoms with Gasteiger partial charge in [0.2, 0.25) is 5.91 Å². The fourth-order valence-electron chi connectivity index (χ4n) is 1.76. The number of anilines is 1. The second-order valence-electron chi connectivity index (χ2n) is 4.47. The minimum Gasteiger partial charge on any atom is -0.309 e. The van der Waals surface area contributed by atoms with Gasteiger partial charge in [0.1, 0.15) is 0 Å². The van der Waals surface area contributed by atoms with Gasteiger partial charge in [-0.3, -0.25) is 9.89 Å². The van der Waals surface area contributed by atoms with Crippen molar-refractivity contribution in [3.63, 3.8) is 0 Å². The van der Waals surface area contributed by atoms with Crippen molar-refractivity contribution >= 4 is 11.7 Å². The van der Waals surface area contributed by atoms with Crippen molar-refractivity contribution in [2.45, 2.75) is 27.2 Å². The highest BCUT2D eigenvalue weighted by molar-refractivity contribution is 5.92. The number of rotatable bonds is 3. The van der Waals surface area contributed by atoms with Crippen molar-refractivity contribution in [3.8, 4) is 0 Å². The largest absolute Gasteiger partial charge is 0.309 e. The highest BCUT2D eigenvalue weighted by atomic mass is 16.1. The van der Waals surface area contributed by atoms with Crippen LogP contribution in [0.3, 0.4) is 0 Å². The van der Waals surface area contributed by atoms with Crippen molar-refractivity contribution in [2.24, 2.45) is 0 Å². The van der Waals surface area contributed by atoms with Crippen molar-refractivity contribution in [1.82, 2.24) is 10.2 Å². The van der Waals surface area contributed by atoms with Crippen molar-refractivity contribution < 1.29 is 4.79 Å². The molecule has 0 radical (unpaired) electrons. The molecule has 0 unspecified atom stereocenters. The Balaban J connectivity index is 2.06. The quantitative estimate of drug-likeness (QED) is 0.870. The van der Waals surface area contributed by atoms with Crippen LogP contribution in [0.15, 0.2) is 24.3 Å². The molecule has 4 heteroatoms. The topological polar surface area (TPSA) is 57.8 Å². The SMILES string of the molecule is Cc1ccccc1CC(=O)Nc1n[nH]c(C)c1C. The summed E-state index contributed by atoms with van der Waals surface area (Å²) in [6.07, 6.45) is 0.373. The van der Waals surface area contributed by atoms with Crippen LogP contribution < -0.4 is 5.32 Å². The summed E-state index contributed by atoms with van der Waals surface area (Å²) in [6, 6.07) is 7.89. The zero-order chi connectivity index (χ0) is 13.1. The van der Waals surface area contributed by atoms with Gasteiger partial charge >= 0.3 is 0 Å². The van der Waals surface area contributed by atoms with Gasteiger partial charge in [-0.15, -0.1) is 0 Å². The number of benzene rings is 1. The lowest BCUT2D eigenvalue weighted by atomic mass is 10.1. The molecule has 1 aromatic heterocycles. The molecule has 0 aliphatic rings. The zero-order valence-electron chi connectivity index (χ0n) is 10.9. The molecular weight excluding hydrogens is 226 g/mol. The van der Waals surface area contributed by atoms with Crippen LogP contribution in [-0.2, 0) is 11.2 Å². The Bertz CT molecular complexity index is 572. The molecule has 0 saturated heterocycles.